The van der Waals surface area contributed by atoms with Crippen LogP contribution in [0.4, 0.5) is 0 Å². The van der Waals surface area contributed by atoms with Gasteiger partial charge in [-0.05, 0) is 25.5 Å². The minimum Gasteiger partial charge on any atom is -0.468 e. The number of nitrogens with one attached hydrogen (secondary N) is 1. The molecule has 0 spiro atoms. The summed E-state index contributed by atoms with van der Waals surface area (Å²) < 4.78 is 5.29. The van der Waals surface area contributed by atoms with Crippen LogP contribution in [0.2, 0.25) is 0 Å². The SMILES string of the molecule is CC[C@@H](C)N[C@@H](CN)c1ccco1. The van der Waals surface area contributed by atoms with Gasteiger partial charge in [0.2, 0.25) is 0 Å². The Kier molecular flexibility index (Phi) is 3.99. The Hall–Kier alpha value is -0.800. The highest BCUT2D eigenvalue weighted by atomic mass is 16.3. The molecule has 0 saturated carbocycles. The molecule has 0 aromatic carbocycles. The smallest absolute Gasteiger partial charge is 0.121 e. The van der Waals surface area contributed by atoms with E-state index in [0.29, 0.717) is 12.6 Å². The van der Waals surface area contributed by atoms with E-state index in [-0.39, 0.29) is 6.04 Å². The average molecular weight is 182 g/mol. The maximum Gasteiger partial charge on any atom is 0.121 e. The Labute approximate surface area is 79.3 Å². The molecule has 1 aromatic rings. The van der Waals surface area contributed by atoms with Crippen LogP contribution in [0.15, 0.2) is 22.8 Å². The minimum atomic E-state index is 0.143. The summed E-state index contributed by atoms with van der Waals surface area (Å²) in [7, 11) is 0. The fourth-order valence-electron chi connectivity index (χ4n) is 1.22. The normalized spacial score (nSPS) is 15.6. The molecule has 3 nitrogen and oxygen atoms in total. The summed E-state index contributed by atoms with van der Waals surface area (Å²) in [5.74, 6) is 0.919. The molecule has 0 radical (unpaired) electrons. The second-order valence-electron chi connectivity index (χ2n) is 3.28. The van der Waals surface area contributed by atoms with Gasteiger partial charge in [-0.1, -0.05) is 6.92 Å². The van der Waals surface area contributed by atoms with Gasteiger partial charge in [0.25, 0.3) is 0 Å². The van der Waals surface area contributed by atoms with E-state index < -0.39 is 0 Å². The molecule has 13 heavy (non-hydrogen) atoms. The van der Waals surface area contributed by atoms with Crippen molar-refractivity contribution in [2.75, 3.05) is 6.54 Å². The second-order valence-corrected chi connectivity index (χ2v) is 3.28. The third-order valence-corrected chi connectivity index (χ3v) is 2.22. The molecular weight excluding hydrogens is 164 g/mol. The molecule has 1 aromatic heterocycles. The van der Waals surface area contributed by atoms with Crippen molar-refractivity contribution in [2.45, 2.75) is 32.4 Å². The summed E-state index contributed by atoms with van der Waals surface area (Å²) in [6.07, 6.45) is 2.77. The largest absolute Gasteiger partial charge is 0.468 e. The lowest BCUT2D eigenvalue weighted by Gasteiger charge is -2.19. The van der Waals surface area contributed by atoms with E-state index in [0.717, 1.165) is 12.2 Å². The zero-order valence-corrected chi connectivity index (χ0v) is 8.29. The highest BCUT2D eigenvalue weighted by Crippen LogP contribution is 2.12. The summed E-state index contributed by atoms with van der Waals surface area (Å²) in [6, 6.07) is 4.45. The van der Waals surface area contributed by atoms with E-state index >= 15 is 0 Å². The molecule has 74 valence electrons. The highest BCUT2D eigenvalue weighted by Gasteiger charge is 2.13. The quantitative estimate of drug-likeness (QED) is 0.728. The average Bonchev–Trinajstić information content (AvgIpc) is 2.66. The van der Waals surface area contributed by atoms with Crippen molar-refractivity contribution in [3.63, 3.8) is 0 Å². The van der Waals surface area contributed by atoms with Gasteiger partial charge in [0.1, 0.15) is 5.76 Å². The summed E-state index contributed by atoms with van der Waals surface area (Å²) in [4.78, 5) is 0. The lowest BCUT2D eigenvalue weighted by Crippen LogP contribution is -2.34. The molecule has 3 N–H and O–H groups in total. The number of nitrogens with two attached hydrogens (primary N) is 1. The van der Waals surface area contributed by atoms with Crippen molar-refractivity contribution in [3.05, 3.63) is 24.2 Å². The van der Waals surface area contributed by atoms with Gasteiger partial charge in [-0.2, -0.15) is 0 Å². The predicted molar refractivity (Wildman–Crippen MR) is 53.4 cm³/mol. The van der Waals surface area contributed by atoms with E-state index in [1.54, 1.807) is 6.26 Å². The summed E-state index contributed by atoms with van der Waals surface area (Å²) in [6.45, 7) is 4.86. The topological polar surface area (TPSA) is 51.2 Å². The van der Waals surface area contributed by atoms with Crippen molar-refractivity contribution < 1.29 is 4.42 Å². The van der Waals surface area contributed by atoms with Crippen LogP contribution >= 0.6 is 0 Å². The van der Waals surface area contributed by atoms with Crippen LogP contribution in [0, 0.1) is 0 Å². The maximum atomic E-state index is 5.64. The Balaban J connectivity index is 2.53. The zero-order valence-electron chi connectivity index (χ0n) is 8.29. The molecule has 1 heterocycles. The predicted octanol–water partition coefficient (Wildman–Crippen LogP) is 1.67. The van der Waals surface area contributed by atoms with Crippen molar-refractivity contribution in [2.24, 2.45) is 5.73 Å². The molecule has 3 heteroatoms. The van der Waals surface area contributed by atoms with Gasteiger partial charge >= 0.3 is 0 Å². The van der Waals surface area contributed by atoms with Gasteiger partial charge in [0.15, 0.2) is 0 Å². The Bertz CT molecular complexity index is 221. The zero-order chi connectivity index (χ0) is 9.68. The molecular formula is C10H18N2O. The Morgan fingerprint density at radius 1 is 1.62 bits per heavy atom. The third-order valence-electron chi connectivity index (χ3n) is 2.22. The van der Waals surface area contributed by atoms with E-state index in [9.17, 15) is 0 Å². The van der Waals surface area contributed by atoms with Crippen molar-refractivity contribution in [1.82, 2.24) is 5.32 Å². The molecule has 2 atom stereocenters. The summed E-state index contributed by atoms with van der Waals surface area (Å²) >= 11 is 0. The van der Waals surface area contributed by atoms with Gasteiger partial charge in [-0.3, -0.25) is 0 Å². The minimum absolute atomic E-state index is 0.143. The maximum absolute atomic E-state index is 5.64. The van der Waals surface area contributed by atoms with Gasteiger partial charge < -0.3 is 15.5 Å². The lowest BCUT2D eigenvalue weighted by molar-refractivity contribution is 0.380. The van der Waals surface area contributed by atoms with E-state index in [1.807, 2.05) is 12.1 Å². The number of rotatable bonds is 5. The van der Waals surface area contributed by atoms with Crippen LogP contribution in [0.3, 0.4) is 0 Å². The molecule has 0 amide bonds. The van der Waals surface area contributed by atoms with Crippen molar-refractivity contribution in [1.29, 1.82) is 0 Å². The van der Waals surface area contributed by atoms with Crippen LogP contribution < -0.4 is 11.1 Å². The Morgan fingerprint density at radius 3 is 2.85 bits per heavy atom. The van der Waals surface area contributed by atoms with Crippen LogP contribution in [-0.4, -0.2) is 12.6 Å². The number of hydrogen-bond donors (Lipinski definition) is 2. The fraction of sp³-hybridized carbons (Fsp3) is 0.600. The van der Waals surface area contributed by atoms with Gasteiger partial charge in [-0.15, -0.1) is 0 Å². The van der Waals surface area contributed by atoms with Gasteiger partial charge in [-0.25, -0.2) is 0 Å². The first-order valence-corrected chi connectivity index (χ1v) is 4.77. The molecule has 0 fully saturated rings. The first-order chi connectivity index (χ1) is 6.27. The molecule has 0 aliphatic carbocycles. The monoisotopic (exact) mass is 182 g/mol. The van der Waals surface area contributed by atoms with E-state index in [2.05, 4.69) is 19.2 Å². The van der Waals surface area contributed by atoms with Gasteiger partial charge in [0.05, 0.1) is 12.3 Å². The summed E-state index contributed by atoms with van der Waals surface area (Å²) in [5, 5.41) is 3.40. The first kappa shape index (κ1) is 10.3. The van der Waals surface area contributed by atoms with Gasteiger partial charge in [0, 0.05) is 12.6 Å². The summed E-state index contributed by atoms with van der Waals surface area (Å²) in [5.41, 5.74) is 5.64. The van der Waals surface area contributed by atoms with Crippen molar-refractivity contribution >= 4 is 0 Å². The molecule has 0 aliphatic heterocycles. The first-order valence-electron chi connectivity index (χ1n) is 4.77. The molecule has 0 bridgehead atoms. The van der Waals surface area contributed by atoms with Crippen LogP contribution in [-0.2, 0) is 0 Å². The number of furan rings is 1. The van der Waals surface area contributed by atoms with E-state index in [1.165, 1.54) is 0 Å². The number of hydrogen-bond acceptors (Lipinski definition) is 3. The van der Waals surface area contributed by atoms with Crippen LogP contribution in [0.5, 0.6) is 0 Å². The van der Waals surface area contributed by atoms with E-state index in [4.69, 9.17) is 10.2 Å². The van der Waals surface area contributed by atoms with Crippen molar-refractivity contribution in [3.8, 4) is 0 Å². The molecule has 1 rings (SSSR count). The fourth-order valence-corrected chi connectivity index (χ4v) is 1.22. The molecule has 0 aliphatic rings. The highest BCUT2D eigenvalue weighted by molar-refractivity contribution is 5.05. The van der Waals surface area contributed by atoms with Crippen LogP contribution in [0.25, 0.3) is 0 Å². The molecule has 0 saturated heterocycles. The third kappa shape index (κ3) is 2.86. The Morgan fingerprint density at radius 2 is 2.38 bits per heavy atom. The molecule has 0 unspecified atom stereocenters. The van der Waals surface area contributed by atoms with Crippen LogP contribution in [0.1, 0.15) is 32.1 Å². The lowest BCUT2D eigenvalue weighted by atomic mass is 10.1. The second kappa shape index (κ2) is 5.04. The standard InChI is InChI=1S/C10H18N2O/c1-3-8(2)12-9(7-11)10-5-4-6-13-10/h4-6,8-9,12H,3,7,11H2,1-2H3/t8-,9+/m1/s1.